The largest absolute Gasteiger partial charge is 0.379 e. The third kappa shape index (κ3) is 5.00. The number of anilines is 2. The molecule has 0 unspecified atom stereocenters. The van der Waals surface area contributed by atoms with Gasteiger partial charge in [-0.15, -0.1) is 0 Å². The van der Waals surface area contributed by atoms with Gasteiger partial charge in [-0.1, -0.05) is 6.92 Å². The molecule has 1 aromatic rings. The summed E-state index contributed by atoms with van der Waals surface area (Å²) in [6.45, 7) is 4.45. The zero-order chi connectivity index (χ0) is 13.5. The average molecular weight is 265 g/mol. The van der Waals surface area contributed by atoms with E-state index in [0.717, 1.165) is 43.6 Å². The van der Waals surface area contributed by atoms with Gasteiger partial charge in [0.05, 0.1) is 6.61 Å². The molecule has 4 N–H and O–H groups in total. The van der Waals surface area contributed by atoms with Gasteiger partial charge in [0.1, 0.15) is 17.5 Å². The van der Waals surface area contributed by atoms with Crippen LogP contribution in [0.2, 0.25) is 0 Å². The van der Waals surface area contributed by atoms with Crippen LogP contribution in [0, 0.1) is 5.92 Å². The van der Waals surface area contributed by atoms with Gasteiger partial charge in [0.2, 0.25) is 0 Å². The van der Waals surface area contributed by atoms with Gasteiger partial charge in [0, 0.05) is 25.6 Å². The zero-order valence-corrected chi connectivity index (χ0v) is 11.5. The number of rotatable bonds is 9. The second kappa shape index (κ2) is 7.25. The number of aryl methyl sites for hydroxylation is 1. The van der Waals surface area contributed by atoms with Gasteiger partial charge >= 0.3 is 0 Å². The molecule has 0 atom stereocenters. The number of hydrazine groups is 1. The average Bonchev–Trinajstić information content (AvgIpc) is 3.22. The van der Waals surface area contributed by atoms with Crippen molar-refractivity contribution in [3.8, 4) is 0 Å². The van der Waals surface area contributed by atoms with Crippen LogP contribution < -0.4 is 16.6 Å². The molecule has 19 heavy (non-hydrogen) atoms. The van der Waals surface area contributed by atoms with Gasteiger partial charge in [-0.2, -0.15) is 0 Å². The van der Waals surface area contributed by atoms with E-state index in [4.69, 9.17) is 10.6 Å². The first-order valence-electron chi connectivity index (χ1n) is 6.98. The molecule has 0 radical (unpaired) electrons. The normalized spacial score (nSPS) is 14.4. The number of nitrogen functional groups attached to an aromatic ring is 1. The van der Waals surface area contributed by atoms with Crippen LogP contribution in [0.25, 0.3) is 0 Å². The van der Waals surface area contributed by atoms with E-state index in [0.29, 0.717) is 12.4 Å². The number of nitrogens with two attached hydrogens (primary N) is 1. The van der Waals surface area contributed by atoms with Crippen LogP contribution in [0.3, 0.4) is 0 Å². The number of ether oxygens (including phenoxy) is 1. The van der Waals surface area contributed by atoms with E-state index in [9.17, 15) is 0 Å². The van der Waals surface area contributed by atoms with Crippen LogP contribution in [-0.4, -0.2) is 29.7 Å². The molecule has 106 valence electrons. The Kier molecular flexibility index (Phi) is 5.35. The summed E-state index contributed by atoms with van der Waals surface area (Å²) < 4.78 is 5.57. The van der Waals surface area contributed by atoms with Crippen molar-refractivity contribution in [1.29, 1.82) is 0 Å². The fourth-order valence-electron chi connectivity index (χ4n) is 1.78. The van der Waals surface area contributed by atoms with Gasteiger partial charge in [0.15, 0.2) is 0 Å². The zero-order valence-electron chi connectivity index (χ0n) is 11.5. The number of hydrogen-bond donors (Lipinski definition) is 3. The molecule has 6 nitrogen and oxygen atoms in total. The predicted octanol–water partition coefficient (Wildman–Crippen LogP) is 1.55. The van der Waals surface area contributed by atoms with Gasteiger partial charge in [-0.25, -0.2) is 15.8 Å². The number of hydrogen-bond acceptors (Lipinski definition) is 6. The van der Waals surface area contributed by atoms with Crippen molar-refractivity contribution in [2.24, 2.45) is 11.8 Å². The molecule has 0 aromatic carbocycles. The number of nitrogens with one attached hydrogen (secondary N) is 2. The highest BCUT2D eigenvalue weighted by molar-refractivity contribution is 5.46. The van der Waals surface area contributed by atoms with E-state index in [1.165, 1.54) is 12.8 Å². The monoisotopic (exact) mass is 265 g/mol. The van der Waals surface area contributed by atoms with Gasteiger partial charge in [-0.3, -0.25) is 0 Å². The summed E-state index contributed by atoms with van der Waals surface area (Å²) in [5.41, 5.74) is 2.57. The molecule has 2 rings (SSSR count). The van der Waals surface area contributed by atoms with Gasteiger partial charge in [0.25, 0.3) is 0 Å². The van der Waals surface area contributed by atoms with Crippen molar-refractivity contribution in [2.45, 2.75) is 32.6 Å². The Hall–Kier alpha value is -1.40. The Morgan fingerprint density at radius 3 is 2.84 bits per heavy atom. The summed E-state index contributed by atoms with van der Waals surface area (Å²) in [7, 11) is 0. The van der Waals surface area contributed by atoms with Crippen LogP contribution in [0.15, 0.2) is 6.07 Å². The van der Waals surface area contributed by atoms with Crippen LogP contribution in [0.1, 0.15) is 32.0 Å². The minimum atomic E-state index is 0.639. The van der Waals surface area contributed by atoms with Crippen molar-refractivity contribution in [1.82, 2.24) is 9.97 Å². The maximum absolute atomic E-state index is 5.57. The lowest BCUT2D eigenvalue weighted by molar-refractivity contribution is 0.134. The first-order valence-corrected chi connectivity index (χ1v) is 6.98. The lowest BCUT2D eigenvalue weighted by Crippen LogP contribution is -2.15. The van der Waals surface area contributed by atoms with Crippen LogP contribution in [0.5, 0.6) is 0 Å². The highest BCUT2D eigenvalue weighted by Crippen LogP contribution is 2.28. The summed E-state index contributed by atoms with van der Waals surface area (Å²) >= 11 is 0. The fraction of sp³-hybridized carbons (Fsp3) is 0.692. The fourth-order valence-corrected chi connectivity index (χ4v) is 1.78. The molecule has 6 heteroatoms. The Labute approximate surface area is 114 Å². The van der Waals surface area contributed by atoms with E-state index >= 15 is 0 Å². The molecule has 0 amide bonds. The van der Waals surface area contributed by atoms with E-state index in [2.05, 4.69) is 27.6 Å². The summed E-state index contributed by atoms with van der Waals surface area (Å²) in [5.74, 6) is 8.45. The summed E-state index contributed by atoms with van der Waals surface area (Å²) in [6.07, 6.45) is 4.51. The summed E-state index contributed by atoms with van der Waals surface area (Å²) in [5, 5.41) is 3.24. The number of nitrogens with zero attached hydrogens (tertiary/aromatic N) is 2. The quantitative estimate of drug-likeness (QED) is 0.357. The first-order chi connectivity index (χ1) is 9.31. The Balaban J connectivity index is 1.78. The van der Waals surface area contributed by atoms with E-state index in [1.54, 1.807) is 6.07 Å². The van der Waals surface area contributed by atoms with E-state index in [1.807, 2.05) is 0 Å². The smallest absolute Gasteiger partial charge is 0.145 e. The SMILES string of the molecule is CCCc1nc(NN)cc(NCCOCC2CC2)n1. The van der Waals surface area contributed by atoms with Crippen LogP contribution >= 0.6 is 0 Å². The molecule has 1 aromatic heterocycles. The maximum Gasteiger partial charge on any atom is 0.145 e. The molecule has 0 saturated heterocycles. The predicted molar refractivity (Wildman–Crippen MR) is 75.9 cm³/mol. The second-order valence-electron chi connectivity index (χ2n) is 4.89. The Morgan fingerprint density at radius 2 is 2.16 bits per heavy atom. The second-order valence-corrected chi connectivity index (χ2v) is 4.89. The molecule has 0 spiro atoms. The standard InChI is InChI=1S/C13H23N5O/c1-2-3-11-16-12(8-13(17-11)18-14)15-6-7-19-9-10-4-5-10/h8,10H,2-7,9,14H2,1H3,(H2,15,16,17,18). The van der Waals surface area contributed by atoms with Gasteiger partial charge < -0.3 is 15.5 Å². The van der Waals surface area contributed by atoms with E-state index in [-0.39, 0.29) is 0 Å². The van der Waals surface area contributed by atoms with Crippen molar-refractivity contribution < 1.29 is 4.74 Å². The van der Waals surface area contributed by atoms with Crippen molar-refractivity contribution in [3.05, 3.63) is 11.9 Å². The van der Waals surface area contributed by atoms with Crippen molar-refractivity contribution in [2.75, 3.05) is 30.5 Å². The third-order valence-electron chi connectivity index (χ3n) is 3.00. The molecular weight excluding hydrogens is 242 g/mol. The van der Waals surface area contributed by atoms with Gasteiger partial charge in [-0.05, 0) is 25.2 Å². The lowest BCUT2D eigenvalue weighted by atomic mass is 10.3. The Bertz CT molecular complexity index is 395. The van der Waals surface area contributed by atoms with Crippen LogP contribution in [0.4, 0.5) is 11.6 Å². The first kappa shape index (κ1) is 14.0. The molecule has 1 aliphatic carbocycles. The molecule has 1 saturated carbocycles. The molecule has 1 aliphatic rings. The van der Waals surface area contributed by atoms with Crippen molar-refractivity contribution >= 4 is 11.6 Å². The molecular formula is C13H23N5O. The highest BCUT2D eigenvalue weighted by atomic mass is 16.5. The summed E-state index contributed by atoms with van der Waals surface area (Å²) in [6, 6.07) is 1.81. The Morgan fingerprint density at radius 1 is 1.37 bits per heavy atom. The number of aromatic nitrogens is 2. The topological polar surface area (TPSA) is 85.1 Å². The van der Waals surface area contributed by atoms with E-state index < -0.39 is 0 Å². The maximum atomic E-state index is 5.57. The van der Waals surface area contributed by atoms with Crippen molar-refractivity contribution in [3.63, 3.8) is 0 Å². The molecule has 1 fully saturated rings. The van der Waals surface area contributed by atoms with Crippen LogP contribution in [-0.2, 0) is 11.2 Å². The minimum absolute atomic E-state index is 0.639. The lowest BCUT2D eigenvalue weighted by Gasteiger charge is -2.09. The third-order valence-corrected chi connectivity index (χ3v) is 3.00. The summed E-state index contributed by atoms with van der Waals surface area (Å²) in [4.78, 5) is 8.74. The molecule has 1 heterocycles. The minimum Gasteiger partial charge on any atom is -0.379 e. The molecule has 0 aliphatic heterocycles. The highest BCUT2D eigenvalue weighted by Gasteiger charge is 2.20. The molecule has 0 bridgehead atoms.